The zero-order chi connectivity index (χ0) is 23.1. The summed E-state index contributed by atoms with van der Waals surface area (Å²) in [6.07, 6.45) is 3.92. The summed E-state index contributed by atoms with van der Waals surface area (Å²) in [5.41, 5.74) is 1.88. The van der Waals surface area contributed by atoms with E-state index in [1.54, 1.807) is 12.2 Å². The van der Waals surface area contributed by atoms with E-state index in [9.17, 15) is 4.57 Å². The molecule has 2 aromatic carbocycles. The maximum atomic E-state index is 13.8. The molecule has 0 bridgehead atoms. The second kappa shape index (κ2) is 10.3. The Hall–Kier alpha value is -3.64. The number of ether oxygens (including phenoxy) is 3. The van der Waals surface area contributed by atoms with Gasteiger partial charge in [-0.05, 0) is 24.1 Å². The van der Waals surface area contributed by atoms with Gasteiger partial charge in [-0.25, -0.2) is 0 Å². The molecule has 0 saturated carbocycles. The first-order valence-corrected chi connectivity index (χ1v) is 12.3. The van der Waals surface area contributed by atoms with Crippen LogP contribution in [0.1, 0.15) is 6.42 Å². The van der Waals surface area contributed by atoms with Crippen LogP contribution in [-0.2, 0) is 4.57 Å². The molecule has 3 aromatic rings. The average Bonchev–Trinajstić information content (AvgIpc) is 2.84. The summed E-state index contributed by atoms with van der Waals surface area (Å²) in [7, 11) is -3.11. The summed E-state index contributed by atoms with van der Waals surface area (Å²) < 4.78 is 36.3. The van der Waals surface area contributed by atoms with Crippen molar-refractivity contribution in [3.05, 3.63) is 73.8 Å². The molecule has 0 amide bonds. The first-order chi connectivity index (χ1) is 16.1. The predicted molar refractivity (Wildman–Crippen MR) is 126 cm³/mol. The molecular formula is C24H24N3O5P. The van der Waals surface area contributed by atoms with E-state index >= 15 is 0 Å². The first-order valence-electron chi connectivity index (χ1n) is 10.5. The number of fused-ring (bicyclic) bond motifs is 3. The molecular weight excluding hydrogens is 441 g/mol. The lowest BCUT2D eigenvalue weighted by molar-refractivity contribution is 0.253. The van der Waals surface area contributed by atoms with Gasteiger partial charge in [-0.2, -0.15) is 0 Å². The highest BCUT2D eigenvalue weighted by atomic mass is 31.2. The van der Waals surface area contributed by atoms with Crippen molar-refractivity contribution in [2.45, 2.75) is 6.42 Å². The van der Waals surface area contributed by atoms with Crippen LogP contribution in [-0.4, -0.2) is 40.9 Å². The van der Waals surface area contributed by atoms with Crippen LogP contribution in [0.4, 0.5) is 0 Å². The molecule has 0 aliphatic carbocycles. The normalized spacial score (nSPS) is 16.0. The van der Waals surface area contributed by atoms with Gasteiger partial charge in [0.05, 0.1) is 11.9 Å². The van der Waals surface area contributed by atoms with Crippen molar-refractivity contribution < 1.29 is 23.3 Å². The number of hydrogen-bond acceptors (Lipinski definition) is 8. The lowest BCUT2D eigenvalue weighted by Gasteiger charge is -2.28. The Kier molecular flexibility index (Phi) is 7.05. The van der Waals surface area contributed by atoms with Crippen molar-refractivity contribution in [1.82, 2.24) is 15.0 Å². The van der Waals surface area contributed by atoms with Crippen molar-refractivity contribution in [3.63, 3.8) is 0 Å². The fraction of sp³-hybridized carbons (Fsp3) is 0.208. The molecule has 8 nitrogen and oxygen atoms in total. The van der Waals surface area contributed by atoms with E-state index in [0.29, 0.717) is 18.3 Å². The Morgan fingerprint density at radius 1 is 0.818 bits per heavy atom. The van der Waals surface area contributed by atoms with Gasteiger partial charge in [0.1, 0.15) is 19.0 Å². The number of nitrogens with zero attached hydrogens (tertiary/aromatic N) is 3. The van der Waals surface area contributed by atoms with Gasteiger partial charge in [0.2, 0.25) is 0 Å². The van der Waals surface area contributed by atoms with Gasteiger partial charge in [-0.3, -0.25) is 4.57 Å². The molecule has 2 heterocycles. The van der Waals surface area contributed by atoms with Crippen molar-refractivity contribution >= 4 is 12.7 Å². The van der Waals surface area contributed by atoms with Crippen molar-refractivity contribution in [3.8, 4) is 34.9 Å². The third-order valence-electron chi connectivity index (χ3n) is 4.76. The Labute approximate surface area is 192 Å². The molecule has 4 rings (SSSR count). The number of hydrogen-bond donors (Lipinski definition) is 0. The second-order valence-electron chi connectivity index (χ2n) is 7.09. The third-order valence-corrected chi connectivity index (χ3v) is 7.28. The fourth-order valence-corrected chi connectivity index (χ4v) is 5.69. The first kappa shape index (κ1) is 22.6. The predicted octanol–water partition coefficient (Wildman–Crippen LogP) is 4.43. The van der Waals surface area contributed by atoms with Crippen molar-refractivity contribution in [2.75, 3.05) is 26.0 Å². The summed E-state index contributed by atoms with van der Waals surface area (Å²) in [4.78, 5) is 12.3. The van der Waals surface area contributed by atoms with E-state index in [0.717, 1.165) is 16.4 Å². The molecule has 170 valence electrons. The summed E-state index contributed by atoms with van der Waals surface area (Å²) in [5, 5.41) is 0.726. The van der Waals surface area contributed by atoms with E-state index < -0.39 is 7.37 Å². The lowest BCUT2D eigenvalue weighted by atomic mass is 10.0. The zero-order valence-corrected chi connectivity index (χ0v) is 18.9. The fourth-order valence-electron chi connectivity index (χ4n) is 3.36. The molecule has 9 heteroatoms. The maximum absolute atomic E-state index is 13.8. The molecule has 0 saturated heterocycles. The Balaban J connectivity index is 1.44. The van der Waals surface area contributed by atoms with Crippen LogP contribution < -0.4 is 24.0 Å². The molecule has 1 atom stereocenters. The van der Waals surface area contributed by atoms with Gasteiger partial charge in [-0.15, -0.1) is 15.0 Å². The third kappa shape index (κ3) is 5.23. The zero-order valence-electron chi connectivity index (χ0n) is 18.1. The second-order valence-corrected chi connectivity index (χ2v) is 9.54. The van der Waals surface area contributed by atoms with Crippen molar-refractivity contribution in [2.24, 2.45) is 0 Å². The van der Waals surface area contributed by atoms with Gasteiger partial charge >= 0.3 is 18.0 Å². The minimum Gasteiger partial charge on any atom is -0.463 e. The molecule has 33 heavy (non-hydrogen) atoms. The number of aromatic nitrogens is 3. The van der Waals surface area contributed by atoms with Crippen LogP contribution in [0.2, 0.25) is 0 Å². The standard InChI is InChI=1S/C24H24N3O5P/c1-3-14-29-22-25-23(30-15-4-2)27-24(26-22)31-16-9-17-33(28)21-13-8-6-11-19(21)18-10-5-7-12-20(18)32-33/h3-8,10-13H,1-2,9,14-17H2. The van der Waals surface area contributed by atoms with Gasteiger partial charge in [0.15, 0.2) is 0 Å². The molecule has 0 spiro atoms. The van der Waals surface area contributed by atoms with E-state index in [-0.39, 0.29) is 37.9 Å². The van der Waals surface area contributed by atoms with Crippen LogP contribution in [0.5, 0.6) is 23.8 Å². The lowest BCUT2D eigenvalue weighted by Crippen LogP contribution is -2.20. The smallest absolute Gasteiger partial charge is 0.326 e. The molecule has 1 unspecified atom stereocenters. The minimum atomic E-state index is -3.11. The van der Waals surface area contributed by atoms with Crippen LogP contribution in [0.25, 0.3) is 11.1 Å². The largest absolute Gasteiger partial charge is 0.463 e. The highest BCUT2D eigenvalue weighted by molar-refractivity contribution is 7.67. The van der Waals surface area contributed by atoms with E-state index in [2.05, 4.69) is 28.1 Å². The maximum Gasteiger partial charge on any atom is 0.326 e. The molecule has 1 aromatic heterocycles. The van der Waals surface area contributed by atoms with E-state index in [1.165, 1.54) is 0 Å². The summed E-state index contributed by atoms with van der Waals surface area (Å²) in [5.74, 6) is 0.630. The summed E-state index contributed by atoms with van der Waals surface area (Å²) in [6, 6.07) is 15.5. The SMILES string of the molecule is C=CCOc1nc(OCC=C)nc(OCCCP2(=O)Oc3ccccc3-c3ccccc32)n1. The Bertz CT molecular complexity index is 1170. The number of benzene rings is 2. The van der Waals surface area contributed by atoms with Gasteiger partial charge in [-0.1, -0.05) is 61.7 Å². The summed E-state index contributed by atoms with van der Waals surface area (Å²) >= 11 is 0. The molecule has 0 fully saturated rings. The topological polar surface area (TPSA) is 92.7 Å². The van der Waals surface area contributed by atoms with Crippen LogP contribution in [0.3, 0.4) is 0 Å². The van der Waals surface area contributed by atoms with E-state index in [4.69, 9.17) is 18.7 Å². The summed E-state index contributed by atoms with van der Waals surface area (Å²) in [6.45, 7) is 7.88. The van der Waals surface area contributed by atoms with Crippen molar-refractivity contribution in [1.29, 1.82) is 0 Å². The van der Waals surface area contributed by atoms with Gasteiger partial charge < -0.3 is 18.7 Å². The van der Waals surface area contributed by atoms with Crippen LogP contribution >= 0.6 is 7.37 Å². The van der Waals surface area contributed by atoms with Crippen LogP contribution in [0.15, 0.2) is 73.8 Å². The Morgan fingerprint density at radius 2 is 1.39 bits per heavy atom. The highest BCUT2D eigenvalue weighted by Crippen LogP contribution is 2.54. The average molecular weight is 465 g/mol. The van der Waals surface area contributed by atoms with Crippen LogP contribution in [0, 0.1) is 0 Å². The number of rotatable bonds is 11. The Morgan fingerprint density at radius 3 is 2.06 bits per heavy atom. The van der Waals surface area contributed by atoms with E-state index in [1.807, 2.05) is 48.5 Å². The molecule has 1 aliphatic rings. The minimum absolute atomic E-state index is 0.0525. The molecule has 0 N–H and O–H groups in total. The van der Waals surface area contributed by atoms with Gasteiger partial charge in [0.25, 0.3) is 7.37 Å². The molecule has 1 aliphatic heterocycles. The quantitative estimate of drug-likeness (QED) is 0.233. The number of para-hydroxylation sites is 1. The molecule has 0 radical (unpaired) electrons. The monoisotopic (exact) mass is 465 g/mol. The highest BCUT2D eigenvalue weighted by Gasteiger charge is 2.35. The van der Waals surface area contributed by atoms with Gasteiger partial charge in [0, 0.05) is 11.7 Å².